The average molecular weight is 181 g/mol. The van der Waals surface area contributed by atoms with E-state index in [2.05, 4.69) is 5.09 Å². The second-order valence-electron chi connectivity index (χ2n) is 1.99. The van der Waals surface area contributed by atoms with E-state index in [1.165, 1.54) is 6.66 Å². The first kappa shape index (κ1) is 10.6. The minimum Gasteiger partial charge on any atom is -0.480 e. The molecule has 6 heteroatoms. The van der Waals surface area contributed by atoms with Gasteiger partial charge in [0.2, 0.25) is 0 Å². The largest absolute Gasteiger partial charge is 0.480 e. The van der Waals surface area contributed by atoms with Gasteiger partial charge in [-0.1, -0.05) is 0 Å². The van der Waals surface area contributed by atoms with Crippen LogP contribution in [0.1, 0.15) is 6.92 Å². The average Bonchev–Trinajstić information content (AvgIpc) is 1.84. The van der Waals surface area contributed by atoms with E-state index in [-0.39, 0.29) is 6.54 Å². The summed E-state index contributed by atoms with van der Waals surface area (Å²) in [4.78, 5) is 10.0. The Kier molecular flexibility index (Phi) is 4.33. The molecule has 0 aliphatic heterocycles. The van der Waals surface area contributed by atoms with Crippen molar-refractivity contribution in [2.75, 3.05) is 19.8 Å². The third-order valence-electron chi connectivity index (χ3n) is 0.893. The lowest BCUT2D eigenvalue weighted by Gasteiger charge is -2.11. The van der Waals surface area contributed by atoms with Gasteiger partial charge in [0, 0.05) is 6.66 Å². The molecule has 0 aromatic rings. The number of hydrogen-bond donors (Lipinski definition) is 2. The molecule has 0 amide bonds. The van der Waals surface area contributed by atoms with Crippen molar-refractivity contribution in [3.63, 3.8) is 0 Å². The second kappa shape index (κ2) is 4.49. The van der Waals surface area contributed by atoms with Crippen LogP contribution in [0.5, 0.6) is 0 Å². The molecule has 1 atom stereocenters. The zero-order valence-corrected chi connectivity index (χ0v) is 7.43. The number of aliphatic carboxylic acids is 1. The lowest BCUT2D eigenvalue weighted by molar-refractivity contribution is -0.135. The molecule has 0 aliphatic carbocycles. The Morgan fingerprint density at radius 1 is 1.73 bits per heavy atom. The molecule has 0 saturated carbocycles. The first-order chi connectivity index (χ1) is 4.98. The maximum Gasteiger partial charge on any atom is 0.317 e. The van der Waals surface area contributed by atoms with Crippen molar-refractivity contribution in [1.82, 2.24) is 5.09 Å². The Balaban J connectivity index is 3.73. The van der Waals surface area contributed by atoms with Crippen LogP contribution in [0.4, 0.5) is 0 Å². The van der Waals surface area contributed by atoms with Gasteiger partial charge in [0.15, 0.2) is 0 Å². The number of nitrogens with one attached hydrogen (secondary N) is 1. The van der Waals surface area contributed by atoms with E-state index < -0.39 is 13.5 Å². The normalized spacial score (nSPS) is 15.8. The standard InChI is InChI=1S/C5H12NO4P/c1-3-10-11(2,9)6-4-5(7)8/h3-4H2,1-2H3,(H,6,9)(H,7,8). The summed E-state index contributed by atoms with van der Waals surface area (Å²) in [5.74, 6) is -1.05. The molecule has 0 aromatic carbocycles. The summed E-state index contributed by atoms with van der Waals surface area (Å²) >= 11 is 0. The quantitative estimate of drug-likeness (QED) is 0.604. The van der Waals surface area contributed by atoms with Gasteiger partial charge in [-0.3, -0.25) is 9.36 Å². The highest BCUT2D eigenvalue weighted by Crippen LogP contribution is 2.36. The molecular weight excluding hydrogens is 169 g/mol. The van der Waals surface area contributed by atoms with Gasteiger partial charge in [0.05, 0.1) is 6.61 Å². The summed E-state index contributed by atoms with van der Waals surface area (Å²) in [7, 11) is -2.88. The van der Waals surface area contributed by atoms with Crippen LogP contribution in [0.15, 0.2) is 0 Å². The molecule has 0 bridgehead atoms. The molecule has 2 N–H and O–H groups in total. The smallest absolute Gasteiger partial charge is 0.317 e. The lowest BCUT2D eigenvalue weighted by Crippen LogP contribution is -2.20. The van der Waals surface area contributed by atoms with Gasteiger partial charge in [0.25, 0.3) is 7.52 Å². The van der Waals surface area contributed by atoms with Crippen LogP contribution >= 0.6 is 7.52 Å². The highest BCUT2D eigenvalue weighted by atomic mass is 31.2. The molecule has 0 heterocycles. The maximum atomic E-state index is 11.1. The SMILES string of the molecule is CCOP(C)(=O)NCC(=O)O. The molecule has 1 unspecified atom stereocenters. The van der Waals surface area contributed by atoms with Gasteiger partial charge in [-0.25, -0.2) is 5.09 Å². The van der Waals surface area contributed by atoms with Crippen molar-refractivity contribution in [3.05, 3.63) is 0 Å². The molecule has 0 aromatic heterocycles. The zero-order valence-electron chi connectivity index (χ0n) is 6.53. The van der Waals surface area contributed by atoms with Gasteiger partial charge in [0.1, 0.15) is 6.54 Å². The number of hydrogen-bond acceptors (Lipinski definition) is 3. The van der Waals surface area contributed by atoms with Gasteiger partial charge < -0.3 is 9.63 Å². The molecule has 11 heavy (non-hydrogen) atoms. The molecule has 0 spiro atoms. The van der Waals surface area contributed by atoms with Crippen LogP contribution in [0.3, 0.4) is 0 Å². The second-order valence-corrected chi connectivity index (χ2v) is 4.26. The highest BCUT2D eigenvalue weighted by molar-refractivity contribution is 7.56. The molecule has 0 saturated heterocycles. The fourth-order valence-corrected chi connectivity index (χ4v) is 1.51. The van der Waals surface area contributed by atoms with E-state index in [1.54, 1.807) is 6.92 Å². The lowest BCUT2D eigenvalue weighted by atomic mass is 10.7. The third-order valence-corrected chi connectivity index (χ3v) is 2.38. The van der Waals surface area contributed by atoms with Crippen molar-refractivity contribution in [3.8, 4) is 0 Å². The fraction of sp³-hybridized carbons (Fsp3) is 0.800. The van der Waals surface area contributed by atoms with Crippen LogP contribution in [0.25, 0.3) is 0 Å². The van der Waals surface area contributed by atoms with Gasteiger partial charge in [-0.2, -0.15) is 0 Å². The molecule has 66 valence electrons. The van der Waals surface area contributed by atoms with E-state index >= 15 is 0 Å². The Morgan fingerprint density at radius 2 is 2.27 bits per heavy atom. The molecule has 0 fully saturated rings. The van der Waals surface area contributed by atoms with Crippen LogP contribution in [0.2, 0.25) is 0 Å². The first-order valence-corrected chi connectivity index (χ1v) is 5.24. The molecular formula is C5H12NO4P. The monoisotopic (exact) mass is 181 g/mol. The molecule has 5 nitrogen and oxygen atoms in total. The molecule has 0 aliphatic rings. The Morgan fingerprint density at radius 3 is 2.64 bits per heavy atom. The van der Waals surface area contributed by atoms with Crippen molar-refractivity contribution in [2.24, 2.45) is 0 Å². The summed E-state index contributed by atoms with van der Waals surface area (Å²) in [6.45, 7) is 3.01. The fourth-order valence-electron chi connectivity index (χ4n) is 0.503. The topological polar surface area (TPSA) is 75.6 Å². The number of rotatable bonds is 5. The van der Waals surface area contributed by atoms with Gasteiger partial charge in [-0.05, 0) is 6.92 Å². The van der Waals surface area contributed by atoms with Crippen LogP contribution in [0, 0.1) is 0 Å². The summed E-state index contributed by atoms with van der Waals surface area (Å²) in [5, 5.41) is 10.5. The third kappa shape index (κ3) is 6.04. The number of carboxylic acids is 1. The van der Waals surface area contributed by atoms with E-state index in [0.29, 0.717) is 6.61 Å². The minimum atomic E-state index is -2.88. The van der Waals surface area contributed by atoms with Gasteiger partial charge in [-0.15, -0.1) is 0 Å². The van der Waals surface area contributed by atoms with E-state index in [9.17, 15) is 9.36 Å². The predicted octanol–water partition coefficient (Wildman–Crippen LogP) is 0.520. The Labute approximate surface area is 65.3 Å². The molecule has 0 radical (unpaired) electrons. The Hall–Kier alpha value is -0.380. The molecule has 0 rings (SSSR count). The van der Waals surface area contributed by atoms with E-state index in [4.69, 9.17) is 9.63 Å². The van der Waals surface area contributed by atoms with Crippen LogP contribution < -0.4 is 5.09 Å². The van der Waals surface area contributed by atoms with Crippen LogP contribution in [-0.4, -0.2) is 30.9 Å². The van der Waals surface area contributed by atoms with E-state index in [0.717, 1.165) is 0 Å². The Bertz CT molecular complexity index is 181. The van der Waals surface area contributed by atoms with Crippen LogP contribution in [-0.2, 0) is 13.9 Å². The number of carbonyl (C=O) groups is 1. The summed E-state index contributed by atoms with van der Waals surface area (Å²) in [5.41, 5.74) is 0. The van der Waals surface area contributed by atoms with Crippen molar-refractivity contribution < 1.29 is 19.0 Å². The highest BCUT2D eigenvalue weighted by Gasteiger charge is 2.14. The summed E-state index contributed by atoms with van der Waals surface area (Å²) < 4.78 is 15.9. The van der Waals surface area contributed by atoms with E-state index in [1.807, 2.05) is 0 Å². The predicted molar refractivity (Wildman–Crippen MR) is 40.8 cm³/mol. The minimum absolute atomic E-state index is 0.306. The van der Waals surface area contributed by atoms with Crippen molar-refractivity contribution >= 4 is 13.5 Å². The first-order valence-electron chi connectivity index (χ1n) is 3.17. The zero-order chi connectivity index (χ0) is 8.91. The van der Waals surface area contributed by atoms with Crippen molar-refractivity contribution in [1.29, 1.82) is 0 Å². The van der Waals surface area contributed by atoms with Gasteiger partial charge >= 0.3 is 5.97 Å². The summed E-state index contributed by atoms with van der Waals surface area (Å²) in [6.07, 6.45) is 0. The summed E-state index contributed by atoms with van der Waals surface area (Å²) in [6, 6.07) is 0. The maximum absolute atomic E-state index is 11.1. The number of carboxylic acid groups (broad SMARTS) is 1. The van der Waals surface area contributed by atoms with Crippen molar-refractivity contribution in [2.45, 2.75) is 6.92 Å².